The Kier molecular flexibility index (Phi) is 4.81. The van der Waals surface area contributed by atoms with Crippen molar-refractivity contribution >= 4 is 11.9 Å². The number of halogens is 3. The number of amides is 1. The number of hydrogen-bond donors (Lipinski definition) is 1. The first-order valence-electron chi connectivity index (χ1n) is 6.61. The van der Waals surface area contributed by atoms with Crippen molar-refractivity contribution in [2.24, 2.45) is 0 Å². The predicted molar refractivity (Wildman–Crippen MR) is 73.4 cm³/mol. The van der Waals surface area contributed by atoms with Crippen LogP contribution in [-0.2, 0) is 11.0 Å². The molecule has 0 aliphatic heterocycles. The summed E-state index contributed by atoms with van der Waals surface area (Å²) in [6.07, 6.45) is -2.87. The van der Waals surface area contributed by atoms with Crippen LogP contribution in [-0.4, -0.2) is 55.5 Å². The van der Waals surface area contributed by atoms with Crippen molar-refractivity contribution in [3.05, 3.63) is 35.8 Å². The van der Waals surface area contributed by atoms with Crippen LogP contribution in [0.2, 0.25) is 0 Å². The van der Waals surface area contributed by atoms with E-state index in [0.29, 0.717) is 6.20 Å². The van der Waals surface area contributed by atoms with Crippen molar-refractivity contribution in [1.29, 1.82) is 0 Å². The van der Waals surface area contributed by atoms with Crippen LogP contribution in [0.4, 0.5) is 13.2 Å². The highest BCUT2D eigenvalue weighted by atomic mass is 19.4. The van der Waals surface area contributed by atoms with Gasteiger partial charge >= 0.3 is 12.1 Å². The summed E-state index contributed by atoms with van der Waals surface area (Å²) in [6.45, 7) is -0.0143. The maximum atomic E-state index is 12.5. The molecule has 2 heterocycles. The molecule has 0 unspecified atom stereocenters. The number of alkyl halides is 3. The third kappa shape index (κ3) is 4.06. The van der Waals surface area contributed by atoms with Gasteiger partial charge in [0.15, 0.2) is 11.5 Å². The largest absolute Gasteiger partial charge is 0.481 e. The van der Waals surface area contributed by atoms with Crippen LogP contribution in [0, 0.1) is 0 Å². The second-order valence-corrected chi connectivity index (χ2v) is 4.82. The minimum atomic E-state index is -4.50. The first-order valence-corrected chi connectivity index (χ1v) is 6.61. The first kappa shape index (κ1) is 17.4. The lowest BCUT2D eigenvalue weighted by Crippen LogP contribution is -2.29. The number of carboxylic acids is 1. The van der Waals surface area contributed by atoms with E-state index >= 15 is 0 Å². The lowest BCUT2D eigenvalue weighted by atomic mass is 10.3. The zero-order chi connectivity index (χ0) is 17.9. The smallest absolute Gasteiger partial charge is 0.417 e. The molecule has 2 rings (SSSR count). The van der Waals surface area contributed by atoms with E-state index in [1.165, 1.54) is 13.2 Å². The van der Waals surface area contributed by atoms with E-state index in [4.69, 9.17) is 5.11 Å². The molecule has 0 atom stereocenters. The van der Waals surface area contributed by atoms with Crippen LogP contribution in [0.15, 0.2) is 24.5 Å². The molecule has 2 aromatic rings. The van der Waals surface area contributed by atoms with E-state index < -0.39 is 23.6 Å². The molecule has 8 nitrogen and oxygen atoms in total. The minimum absolute atomic E-state index is 0.0143. The molecular weight excluding hydrogens is 331 g/mol. The molecule has 0 radical (unpaired) electrons. The number of carbonyl (C=O) groups excluding carboxylic acids is 1. The van der Waals surface area contributed by atoms with Crippen LogP contribution in [0.5, 0.6) is 0 Å². The van der Waals surface area contributed by atoms with E-state index in [0.717, 1.165) is 21.7 Å². The Morgan fingerprint density at radius 1 is 1.33 bits per heavy atom. The predicted octanol–water partition coefficient (Wildman–Crippen LogP) is 1.23. The van der Waals surface area contributed by atoms with Crippen LogP contribution in [0.25, 0.3) is 5.82 Å². The summed E-state index contributed by atoms with van der Waals surface area (Å²) in [5.41, 5.74) is -0.986. The fourth-order valence-corrected chi connectivity index (χ4v) is 1.72. The number of carboxylic acid groups (broad SMARTS) is 1. The molecule has 0 aliphatic rings. The van der Waals surface area contributed by atoms with Gasteiger partial charge in [0, 0.05) is 19.8 Å². The van der Waals surface area contributed by atoms with Crippen molar-refractivity contribution in [3.8, 4) is 5.82 Å². The van der Waals surface area contributed by atoms with Crippen LogP contribution < -0.4 is 0 Å². The monoisotopic (exact) mass is 343 g/mol. The third-order valence-electron chi connectivity index (χ3n) is 3.03. The number of pyridine rings is 1. The van der Waals surface area contributed by atoms with Crippen molar-refractivity contribution in [3.63, 3.8) is 0 Å². The molecule has 2 aromatic heterocycles. The molecule has 1 amide bonds. The van der Waals surface area contributed by atoms with Gasteiger partial charge in [-0.15, -0.1) is 5.10 Å². The Labute approximate surface area is 133 Å². The van der Waals surface area contributed by atoms with Crippen molar-refractivity contribution in [2.75, 3.05) is 13.6 Å². The molecular formula is C13H12F3N5O3. The Balaban J connectivity index is 2.12. The lowest BCUT2D eigenvalue weighted by Gasteiger charge is -2.13. The topological polar surface area (TPSA) is 101 Å². The first-order chi connectivity index (χ1) is 11.2. The SMILES string of the molecule is CN(CCC(=O)O)C(=O)c1cn(-c2ccc(C(F)(F)F)cn2)nn1. The molecule has 0 aliphatic carbocycles. The van der Waals surface area contributed by atoms with E-state index in [1.54, 1.807) is 0 Å². The quantitative estimate of drug-likeness (QED) is 0.876. The molecule has 11 heteroatoms. The highest BCUT2D eigenvalue weighted by Crippen LogP contribution is 2.28. The molecule has 0 saturated carbocycles. The van der Waals surface area contributed by atoms with Gasteiger partial charge in [0.25, 0.3) is 5.91 Å². The molecule has 0 bridgehead atoms. The Hall–Kier alpha value is -2.98. The molecule has 128 valence electrons. The summed E-state index contributed by atoms with van der Waals surface area (Å²) >= 11 is 0. The Morgan fingerprint density at radius 3 is 2.58 bits per heavy atom. The van der Waals surface area contributed by atoms with Crippen LogP contribution in [0.3, 0.4) is 0 Å². The molecule has 1 N–H and O–H groups in total. The Bertz CT molecular complexity index is 742. The average Bonchev–Trinajstić information content (AvgIpc) is 3.01. The zero-order valence-corrected chi connectivity index (χ0v) is 12.4. The van der Waals surface area contributed by atoms with Crippen LogP contribution >= 0.6 is 0 Å². The standard InChI is InChI=1S/C13H12F3N5O3/c1-20(5-4-11(22)23)12(24)9-7-21(19-18-9)10-3-2-8(6-17-10)13(14,15)16/h2-3,6-7H,4-5H2,1H3,(H,22,23). The normalized spacial score (nSPS) is 11.3. The van der Waals surface area contributed by atoms with Crippen molar-refractivity contribution in [2.45, 2.75) is 12.6 Å². The number of aliphatic carboxylic acids is 1. The highest BCUT2D eigenvalue weighted by molar-refractivity contribution is 5.92. The van der Waals surface area contributed by atoms with Crippen molar-refractivity contribution < 1.29 is 27.9 Å². The summed E-state index contributed by atoms with van der Waals surface area (Å²) in [6, 6.07) is 1.93. The number of nitrogens with zero attached hydrogens (tertiary/aromatic N) is 5. The summed E-state index contributed by atoms with van der Waals surface area (Å²) in [5, 5.41) is 15.8. The van der Waals surface area contributed by atoms with Gasteiger partial charge in [0.05, 0.1) is 18.2 Å². The van der Waals surface area contributed by atoms with Gasteiger partial charge in [-0.2, -0.15) is 13.2 Å². The maximum absolute atomic E-state index is 12.5. The molecule has 0 saturated heterocycles. The number of aromatic nitrogens is 4. The van der Waals surface area contributed by atoms with E-state index in [1.807, 2.05) is 0 Å². The second-order valence-electron chi connectivity index (χ2n) is 4.82. The molecule has 0 aromatic carbocycles. The summed E-state index contributed by atoms with van der Waals surface area (Å²) in [4.78, 5) is 27.3. The van der Waals surface area contributed by atoms with Crippen LogP contribution in [0.1, 0.15) is 22.5 Å². The fraction of sp³-hybridized carbons (Fsp3) is 0.308. The highest BCUT2D eigenvalue weighted by Gasteiger charge is 2.30. The summed E-state index contributed by atoms with van der Waals surface area (Å²) in [7, 11) is 1.40. The molecule has 24 heavy (non-hydrogen) atoms. The molecule has 0 fully saturated rings. The van der Waals surface area contributed by atoms with Gasteiger partial charge in [0.1, 0.15) is 0 Å². The van der Waals surface area contributed by atoms with E-state index in [-0.39, 0.29) is 24.5 Å². The van der Waals surface area contributed by atoms with Gasteiger partial charge < -0.3 is 10.0 Å². The fourth-order valence-electron chi connectivity index (χ4n) is 1.72. The number of hydrogen-bond acceptors (Lipinski definition) is 5. The zero-order valence-electron chi connectivity index (χ0n) is 12.4. The third-order valence-corrected chi connectivity index (χ3v) is 3.03. The average molecular weight is 343 g/mol. The molecule has 0 spiro atoms. The van der Waals surface area contributed by atoms with Gasteiger partial charge in [-0.25, -0.2) is 9.67 Å². The summed E-state index contributed by atoms with van der Waals surface area (Å²) < 4.78 is 38.5. The lowest BCUT2D eigenvalue weighted by molar-refractivity contribution is -0.138. The van der Waals surface area contributed by atoms with Gasteiger partial charge in [-0.3, -0.25) is 9.59 Å². The van der Waals surface area contributed by atoms with Crippen molar-refractivity contribution in [1.82, 2.24) is 24.9 Å². The minimum Gasteiger partial charge on any atom is -0.481 e. The van der Waals surface area contributed by atoms with E-state index in [9.17, 15) is 22.8 Å². The van der Waals surface area contributed by atoms with E-state index in [2.05, 4.69) is 15.3 Å². The van der Waals surface area contributed by atoms with Gasteiger partial charge in [0.2, 0.25) is 0 Å². The number of rotatable bonds is 5. The second kappa shape index (κ2) is 6.64. The van der Waals surface area contributed by atoms with Gasteiger partial charge in [-0.1, -0.05) is 5.21 Å². The Morgan fingerprint density at radius 2 is 2.04 bits per heavy atom. The number of carbonyl (C=O) groups is 2. The summed E-state index contributed by atoms with van der Waals surface area (Å²) in [5.74, 6) is -1.55. The van der Waals surface area contributed by atoms with Gasteiger partial charge in [-0.05, 0) is 12.1 Å². The maximum Gasteiger partial charge on any atom is 0.417 e.